The van der Waals surface area contributed by atoms with Gasteiger partial charge in [0.25, 0.3) is 5.69 Å². The van der Waals surface area contributed by atoms with Crippen LogP contribution in [-0.2, 0) is 4.74 Å². The van der Waals surface area contributed by atoms with Crippen LogP contribution in [0.3, 0.4) is 0 Å². The van der Waals surface area contributed by atoms with Crippen LogP contribution in [0, 0.1) is 15.9 Å². The number of hydrogen-bond acceptors (Lipinski definition) is 5. The lowest BCUT2D eigenvalue weighted by atomic mass is 10.2. The quantitative estimate of drug-likeness (QED) is 0.622. The predicted octanol–water partition coefficient (Wildman–Crippen LogP) is 1.71. The molecule has 1 amide bonds. The third-order valence-electron chi connectivity index (χ3n) is 3.38. The van der Waals surface area contributed by atoms with E-state index in [-0.39, 0.29) is 29.7 Å². The van der Waals surface area contributed by atoms with E-state index in [1.807, 2.05) is 0 Å². The van der Waals surface area contributed by atoms with Gasteiger partial charge in [0.05, 0.1) is 29.6 Å². The summed E-state index contributed by atoms with van der Waals surface area (Å²) >= 11 is 0. The standard InChI is InChI=1S/C12H11FN2O5/c13-7-1-8(15(17)18)3-10(2-7)20-11-4-9-6-19-12(16)14(9)5-11/h1-3,9,11H,4-6H2. The fraction of sp³-hybridized carbons (Fsp3) is 0.417. The molecule has 2 fully saturated rings. The second-order valence-corrected chi connectivity index (χ2v) is 4.76. The SMILES string of the molecule is O=C1OCC2CC(Oc3cc(F)cc([N+](=O)[O-])c3)CN12. The number of ether oxygens (including phenoxy) is 2. The molecule has 3 rings (SSSR count). The minimum Gasteiger partial charge on any atom is -0.488 e. The number of carbonyl (C=O) groups excluding carboxylic acids is 1. The Morgan fingerprint density at radius 1 is 1.45 bits per heavy atom. The molecule has 2 atom stereocenters. The van der Waals surface area contributed by atoms with E-state index in [0.29, 0.717) is 19.6 Å². The summed E-state index contributed by atoms with van der Waals surface area (Å²) in [6, 6.07) is 3.06. The summed E-state index contributed by atoms with van der Waals surface area (Å²) in [4.78, 5) is 22.9. The summed E-state index contributed by atoms with van der Waals surface area (Å²) in [6.07, 6.45) is -0.128. The molecule has 7 nitrogen and oxygen atoms in total. The lowest BCUT2D eigenvalue weighted by Crippen LogP contribution is -2.29. The molecule has 8 heteroatoms. The molecule has 2 aliphatic heterocycles. The molecule has 2 unspecified atom stereocenters. The number of non-ortho nitro benzene ring substituents is 1. The predicted molar refractivity (Wildman–Crippen MR) is 63.9 cm³/mol. The van der Waals surface area contributed by atoms with Gasteiger partial charge in [-0.15, -0.1) is 0 Å². The molecule has 0 bridgehead atoms. The van der Waals surface area contributed by atoms with Crippen molar-refractivity contribution in [3.8, 4) is 5.75 Å². The Morgan fingerprint density at radius 2 is 2.25 bits per heavy atom. The van der Waals surface area contributed by atoms with Gasteiger partial charge in [0, 0.05) is 12.5 Å². The average Bonchev–Trinajstić information content (AvgIpc) is 2.91. The maximum Gasteiger partial charge on any atom is 0.410 e. The molecule has 2 aliphatic rings. The van der Waals surface area contributed by atoms with Gasteiger partial charge < -0.3 is 9.47 Å². The van der Waals surface area contributed by atoms with Gasteiger partial charge in [0.2, 0.25) is 0 Å². The third-order valence-corrected chi connectivity index (χ3v) is 3.38. The van der Waals surface area contributed by atoms with Crippen LogP contribution in [0.2, 0.25) is 0 Å². The Balaban J connectivity index is 1.73. The van der Waals surface area contributed by atoms with Crippen molar-refractivity contribution in [1.82, 2.24) is 4.90 Å². The van der Waals surface area contributed by atoms with E-state index in [1.54, 1.807) is 4.90 Å². The highest BCUT2D eigenvalue weighted by Crippen LogP contribution is 2.29. The molecule has 0 saturated carbocycles. The van der Waals surface area contributed by atoms with Crippen LogP contribution in [-0.4, -0.2) is 41.2 Å². The Bertz CT molecular complexity index is 579. The maximum absolute atomic E-state index is 13.3. The molecular weight excluding hydrogens is 271 g/mol. The van der Waals surface area contributed by atoms with Crippen LogP contribution in [0.4, 0.5) is 14.9 Å². The second kappa shape index (κ2) is 4.62. The monoisotopic (exact) mass is 282 g/mol. The summed E-state index contributed by atoms with van der Waals surface area (Å²) in [5, 5.41) is 10.7. The van der Waals surface area contributed by atoms with Gasteiger partial charge in [-0.05, 0) is 0 Å². The fourth-order valence-corrected chi connectivity index (χ4v) is 2.50. The Morgan fingerprint density at radius 3 is 2.95 bits per heavy atom. The van der Waals surface area contributed by atoms with E-state index in [9.17, 15) is 19.3 Å². The molecule has 2 heterocycles. The smallest absolute Gasteiger partial charge is 0.410 e. The molecule has 0 aromatic heterocycles. The number of halogens is 1. The lowest BCUT2D eigenvalue weighted by Gasteiger charge is -2.14. The summed E-state index contributed by atoms with van der Waals surface area (Å²) in [6.45, 7) is 0.663. The average molecular weight is 282 g/mol. The number of hydrogen-bond donors (Lipinski definition) is 0. The lowest BCUT2D eigenvalue weighted by molar-refractivity contribution is -0.385. The Kier molecular flexibility index (Phi) is 2.92. The Labute approximate surface area is 113 Å². The van der Waals surface area contributed by atoms with Gasteiger partial charge in [0.1, 0.15) is 24.3 Å². The number of rotatable bonds is 3. The molecule has 106 valence electrons. The summed E-state index contributed by atoms with van der Waals surface area (Å²) < 4.78 is 23.7. The molecule has 2 saturated heterocycles. The molecule has 0 aliphatic carbocycles. The minimum absolute atomic E-state index is 0.0314. The van der Waals surface area contributed by atoms with Crippen molar-refractivity contribution < 1.29 is 23.6 Å². The van der Waals surface area contributed by atoms with Gasteiger partial charge in [0.15, 0.2) is 0 Å². The van der Waals surface area contributed by atoms with E-state index in [2.05, 4.69) is 0 Å². The first-order chi connectivity index (χ1) is 9.52. The number of amides is 1. The van der Waals surface area contributed by atoms with E-state index in [1.165, 1.54) is 6.07 Å². The number of benzene rings is 1. The normalized spacial score (nSPS) is 24.4. The Hall–Kier alpha value is -2.38. The molecule has 1 aromatic carbocycles. The number of cyclic esters (lactones) is 1. The van der Waals surface area contributed by atoms with Crippen LogP contribution in [0.25, 0.3) is 0 Å². The number of carbonyl (C=O) groups is 1. The van der Waals surface area contributed by atoms with Crippen LogP contribution < -0.4 is 4.74 Å². The summed E-state index contributed by atoms with van der Waals surface area (Å²) in [5.41, 5.74) is -0.363. The van der Waals surface area contributed by atoms with Crippen molar-refractivity contribution in [3.63, 3.8) is 0 Å². The molecule has 0 spiro atoms. The first-order valence-corrected chi connectivity index (χ1v) is 6.08. The van der Waals surface area contributed by atoms with Crippen molar-refractivity contribution in [2.75, 3.05) is 13.2 Å². The molecule has 0 N–H and O–H groups in total. The third kappa shape index (κ3) is 2.24. The zero-order valence-electron chi connectivity index (χ0n) is 10.3. The topological polar surface area (TPSA) is 81.9 Å². The van der Waals surface area contributed by atoms with E-state index < -0.39 is 10.7 Å². The largest absolute Gasteiger partial charge is 0.488 e. The van der Waals surface area contributed by atoms with Crippen molar-refractivity contribution in [1.29, 1.82) is 0 Å². The second-order valence-electron chi connectivity index (χ2n) is 4.76. The van der Waals surface area contributed by atoms with Crippen molar-refractivity contribution >= 4 is 11.8 Å². The van der Waals surface area contributed by atoms with E-state index in [4.69, 9.17) is 9.47 Å². The first kappa shape index (κ1) is 12.6. The van der Waals surface area contributed by atoms with Gasteiger partial charge in [-0.2, -0.15) is 0 Å². The molecular formula is C12H11FN2O5. The van der Waals surface area contributed by atoms with Crippen LogP contribution in [0.1, 0.15) is 6.42 Å². The van der Waals surface area contributed by atoms with Crippen LogP contribution >= 0.6 is 0 Å². The van der Waals surface area contributed by atoms with Crippen LogP contribution in [0.15, 0.2) is 18.2 Å². The zero-order chi connectivity index (χ0) is 14.3. The first-order valence-electron chi connectivity index (χ1n) is 6.08. The number of nitrogens with zero attached hydrogens (tertiary/aromatic N) is 2. The zero-order valence-corrected chi connectivity index (χ0v) is 10.3. The van der Waals surface area contributed by atoms with Crippen molar-refractivity contribution in [3.05, 3.63) is 34.1 Å². The summed E-state index contributed by atoms with van der Waals surface area (Å²) in [7, 11) is 0. The van der Waals surface area contributed by atoms with E-state index >= 15 is 0 Å². The maximum atomic E-state index is 13.3. The molecule has 20 heavy (non-hydrogen) atoms. The number of fused-ring (bicyclic) bond motifs is 1. The molecule has 0 radical (unpaired) electrons. The van der Waals surface area contributed by atoms with Gasteiger partial charge in [-0.1, -0.05) is 0 Å². The number of nitro groups is 1. The van der Waals surface area contributed by atoms with Gasteiger partial charge in [-0.25, -0.2) is 9.18 Å². The van der Waals surface area contributed by atoms with Crippen molar-refractivity contribution in [2.24, 2.45) is 0 Å². The highest BCUT2D eigenvalue weighted by molar-refractivity contribution is 5.70. The highest BCUT2D eigenvalue weighted by atomic mass is 19.1. The van der Waals surface area contributed by atoms with Crippen molar-refractivity contribution in [2.45, 2.75) is 18.6 Å². The highest BCUT2D eigenvalue weighted by Gasteiger charge is 2.42. The minimum atomic E-state index is -0.730. The fourth-order valence-electron chi connectivity index (χ4n) is 2.50. The molecule has 1 aromatic rings. The van der Waals surface area contributed by atoms with E-state index in [0.717, 1.165) is 12.1 Å². The van der Waals surface area contributed by atoms with Crippen LogP contribution in [0.5, 0.6) is 5.75 Å². The van der Waals surface area contributed by atoms with Gasteiger partial charge in [-0.3, -0.25) is 15.0 Å². The van der Waals surface area contributed by atoms with Gasteiger partial charge >= 0.3 is 6.09 Å². The summed E-state index contributed by atoms with van der Waals surface area (Å²) in [5.74, 6) is -0.636. The number of nitro benzene ring substituents is 1.